The maximum Gasteiger partial charge on any atom is 0.225 e. The largest absolute Gasteiger partial charge is 0.327 e. The molecule has 0 fully saturated rings. The van der Waals surface area contributed by atoms with Crippen LogP contribution in [0.3, 0.4) is 0 Å². The highest BCUT2D eigenvalue weighted by Gasteiger charge is 2.05. The fourth-order valence-electron chi connectivity index (χ4n) is 1.96. The Labute approximate surface area is 144 Å². The number of hydrogen-bond acceptors (Lipinski definition) is 3. The van der Waals surface area contributed by atoms with Crippen molar-refractivity contribution in [3.8, 4) is 0 Å². The molecule has 1 amide bonds. The van der Waals surface area contributed by atoms with E-state index in [9.17, 15) is 4.79 Å². The second kappa shape index (κ2) is 8.92. The van der Waals surface area contributed by atoms with E-state index in [0.717, 1.165) is 23.1 Å². The average molecular weight is 388 g/mol. The van der Waals surface area contributed by atoms with Crippen molar-refractivity contribution in [1.82, 2.24) is 9.78 Å². The molecule has 0 spiro atoms. The highest BCUT2D eigenvalue weighted by molar-refractivity contribution is 9.10. The summed E-state index contributed by atoms with van der Waals surface area (Å²) in [6, 6.07) is 7.72. The van der Waals surface area contributed by atoms with Crippen LogP contribution >= 0.6 is 28.3 Å². The van der Waals surface area contributed by atoms with Gasteiger partial charge in [-0.1, -0.05) is 12.1 Å². The van der Waals surface area contributed by atoms with Crippen molar-refractivity contribution in [2.45, 2.75) is 32.4 Å². The average Bonchev–Trinajstić information content (AvgIpc) is 2.83. The lowest BCUT2D eigenvalue weighted by molar-refractivity contribution is -0.116. The zero-order chi connectivity index (χ0) is 15.2. The molecule has 0 saturated heterocycles. The third-order valence-electron chi connectivity index (χ3n) is 2.98. The summed E-state index contributed by atoms with van der Waals surface area (Å²) in [5.74, 6) is -0.0564. The van der Waals surface area contributed by atoms with Crippen molar-refractivity contribution in [1.29, 1.82) is 0 Å². The van der Waals surface area contributed by atoms with Crippen molar-refractivity contribution in [2.75, 3.05) is 5.32 Å². The summed E-state index contributed by atoms with van der Waals surface area (Å²) in [6.45, 7) is 2.64. The molecule has 2 rings (SSSR count). The smallest absolute Gasteiger partial charge is 0.225 e. The number of nitrogens with zero attached hydrogens (tertiary/aromatic N) is 2. The molecule has 3 N–H and O–H groups in total. The van der Waals surface area contributed by atoms with E-state index in [1.54, 1.807) is 6.20 Å². The number of benzene rings is 1. The quantitative estimate of drug-likeness (QED) is 0.800. The molecule has 0 aliphatic heterocycles. The number of amides is 1. The lowest BCUT2D eigenvalue weighted by Crippen LogP contribution is -2.23. The fourth-order valence-corrected chi connectivity index (χ4v) is 2.29. The van der Waals surface area contributed by atoms with Crippen LogP contribution in [0.15, 0.2) is 41.1 Å². The second-order valence-corrected chi connectivity index (χ2v) is 6.01. The van der Waals surface area contributed by atoms with Gasteiger partial charge in [0.2, 0.25) is 5.91 Å². The molecule has 1 aromatic carbocycles. The van der Waals surface area contributed by atoms with Gasteiger partial charge in [0, 0.05) is 30.9 Å². The molecule has 1 heterocycles. The normalized spacial score (nSPS) is 11.6. The van der Waals surface area contributed by atoms with E-state index < -0.39 is 0 Å². The Balaban J connectivity index is 0.00000242. The number of nitrogens with one attached hydrogen (secondary N) is 1. The number of nitrogens with two attached hydrogens (primary N) is 1. The molecule has 0 bridgehead atoms. The van der Waals surface area contributed by atoms with E-state index in [4.69, 9.17) is 5.73 Å². The summed E-state index contributed by atoms with van der Waals surface area (Å²) in [6.07, 6.45) is 4.94. The van der Waals surface area contributed by atoms with Gasteiger partial charge in [0.15, 0.2) is 0 Å². The van der Waals surface area contributed by atoms with Crippen LogP contribution in [0, 0.1) is 0 Å². The molecule has 0 saturated carbocycles. The maximum atomic E-state index is 11.6. The zero-order valence-electron chi connectivity index (χ0n) is 12.3. The summed E-state index contributed by atoms with van der Waals surface area (Å²) >= 11 is 3.38. The highest BCUT2D eigenvalue weighted by atomic mass is 79.9. The Morgan fingerprint density at radius 3 is 2.64 bits per heavy atom. The molecule has 1 atom stereocenters. The SMILES string of the molecule is CC(N)CC(=O)Nc1ccc(CCn2cc(Br)cn2)cc1.Cl. The first kappa shape index (κ1) is 18.7. The minimum Gasteiger partial charge on any atom is -0.327 e. The minimum atomic E-state index is -0.127. The molecule has 120 valence electrons. The van der Waals surface area contributed by atoms with Crippen LogP contribution in [0.5, 0.6) is 0 Å². The van der Waals surface area contributed by atoms with Crippen molar-refractivity contribution in [3.05, 3.63) is 46.7 Å². The van der Waals surface area contributed by atoms with Gasteiger partial charge in [0.05, 0.1) is 10.7 Å². The van der Waals surface area contributed by atoms with Gasteiger partial charge in [-0.25, -0.2) is 0 Å². The van der Waals surface area contributed by atoms with Gasteiger partial charge in [-0.15, -0.1) is 12.4 Å². The lowest BCUT2D eigenvalue weighted by Gasteiger charge is -2.08. The van der Waals surface area contributed by atoms with E-state index in [1.807, 2.05) is 42.1 Å². The Bertz CT molecular complexity index is 598. The summed E-state index contributed by atoms with van der Waals surface area (Å²) < 4.78 is 2.87. The first-order chi connectivity index (χ1) is 10.0. The number of halogens is 2. The lowest BCUT2D eigenvalue weighted by atomic mass is 10.1. The predicted octanol–water partition coefficient (Wildman–Crippen LogP) is 2.99. The van der Waals surface area contributed by atoms with Gasteiger partial charge < -0.3 is 11.1 Å². The highest BCUT2D eigenvalue weighted by Crippen LogP contribution is 2.12. The van der Waals surface area contributed by atoms with Crippen LogP contribution in [0.2, 0.25) is 0 Å². The number of rotatable bonds is 6. The minimum absolute atomic E-state index is 0. The van der Waals surface area contributed by atoms with Gasteiger partial charge in [-0.2, -0.15) is 5.10 Å². The van der Waals surface area contributed by atoms with Gasteiger partial charge in [0.25, 0.3) is 0 Å². The van der Waals surface area contributed by atoms with Crippen LogP contribution in [-0.2, 0) is 17.8 Å². The molecular formula is C15H20BrClN4O. The molecule has 0 radical (unpaired) electrons. The number of aryl methyl sites for hydroxylation is 2. The van der Waals surface area contributed by atoms with Gasteiger partial charge in [-0.05, 0) is 47.0 Å². The molecule has 1 unspecified atom stereocenters. The first-order valence-electron chi connectivity index (χ1n) is 6.85. The molecule has 1 aromatic heterocycles. The standard InChI is InChI=1S/C15H19BrN4O.ClH/c1-11(17)8-15(21)19-14-4-2-12(3-5-14)6-7-20-10-13(16)9-18-20;/h2-5,9-11H,6-8,17H2,1H3,(H,19,21);1H. The number of hydrogen-bond donors (Lipinski definition) is 2. The van der Waals surface area contributed by atoms with Crippen LogP contribution in [-0.4, -0.2) is 21.7 Å². The fraction of sp³-hybridized carbons (Fsp3) is 0.333. The molecule has 22 heavy (non-hydrogen) atoms. The predicted molar refractivity (Wildman–Crippen MR) is 94.2 cm³/mol. The van der Waals surface area contributed by atoms with Crippen molar-refractivity contribution >= 4 is 39.9 Å². The van der Waals surface area contributed by atoms with E-state index >= 15 is 0 Å². The van der Waals surface area contributed by atoms with Crippen molar-refractivity contribution in [2.24, 2.45) is 5.73 Å². The Hall–Kier alpha value is -1.37. The monoisotopic (exact) mass is 386 g/mol. The molecule has 5 nitrogen and oxygen atoms in total. The van der Waals surface area contributed by atoms with E-state index in [-0.39, 0.29) is 24.4 Å². The summed E-state index contributed by atoms with van der Waals surface area (Å²) in [4.78, 5) is 11.6. The third-order valence-corrected chi connectivity index (χ3v) is 3.39. The molecule has 2 aromatic rings. The summed E-state index contributed by atoms with van der Waals surface area (Å²) in [7, 11) is 0. The third kappa shape index (κ3) is 6.17. The zero-order valence-corrected chi connectivity index (χ0v) is 14.7. The van der Waals surface area contributed by atoms with E-state index in [0.29, 0.717) is 6.42 Å². The molecular weight excluding hydrogens is 368 g/mol. The van der Waals surface area contributed by atoms with Crippen molar-refractivity contribution < 1.29 is 4.79 Å². The second-order valence-electron chi connectivity index (χ2n) is 5.10. The van der Waals surface area contributed by atoms with Crippen LogP contribution in [0.25, 0.3) is 0 Å². The summed E-state index contributed by atoms with van der Waals surface area (Å²) in [5, 5.41) is 7.05. The number of carbonyl (C=O) groups excluding carboxylic acids is 1. The van der Waals surface area contributed by atoms with Gasteiger partial charge in [-0.3, -0.25) is 9.48 Å². The number of anilines is 1. The van der Waals surface area contributed by atoms with Crippen LogP contribution < -0.4 is 11.1 Å². The summed E-state index contributed by atoms with van der Waals surface area (Å²) in [5.41, 5.74) is 7.59. The molecule has 0 aliphatic rings. The number of carbonyl (C=O) groups is 1. The Morgan fingerprint density at radius 1 is 1.41 bits per heavy atom. The first-order valence-corrected chi connectivity index (χ1v) is 7.64. The molecule has 7 heteroatoms. The Kier molecular flexibility index (Phi) is 7.58. The van der Waals surface area contributed by atoms with E-state index in [2.05, 4.69) is 26.3 Å². The topological polar surface area (TPSA) is 72.9 Å². The Morgan fingerprint density at radius 2 is 2.09 bits per heavy atom. The van der Waals surface area contributed by atoms with Gasteiger partial charge >= 0.3 is 0 Å². The molecule has 0 aliphatic carbocycles. The van der Waals surface area contributed by atoms with Gasteiger partial charge in [0.1, 0.15) is 0 Å². The van der Waals surface area contributed by atoms with E-state index in [1.165, 1.54) is 5.56 Å². The maximum absolute atomic E-state index is 11.6. The van der Waals surface area contributed by atoms with Crippen LogP contribution in [0.1, 0.15) is 18.9 Å². The van der Waals surface area contributed by atoms with Crippen molar-refractivity contribution in [3.63, 3.8) is 0 Å². The van der Waals surface area contributed by atoms with Crippen LogP contribution in [0.4, 0.5) is 5.69 Å². The number of aromatic nitrogens is 2.